The molecule has 0 atom stereocenters. The van der Waals surface area contributed by atoms with Gasteiger partial charge in [-0.05, 0) is 53.4 Å². The summed E-state index contributed by atoms with van der Waals surface area (Å²) in [7, 11) is 0. The van der Waals surface area contributed by atoms with Gasteiger partial charge in [0.05, 0.1) is 0 Å². The van der Waals surface area contributed by atoms with Gasteiger partial charge in [-0.25, -0.2) is 0 Å². The molecule has 4 heteroatoms. The second kappa shape index (κ2) is 7.25. The standard InChI is InChI=1S/C11H15Br2NO/c12-9-4-5-11(10(13)8-9)14-6-2-1-3-7-15/h4-5,8,14-15H,1-3,6-7H2. The molecule has 0 unspecified atom stereocenters. The third-order valence-electron chi connectivity index (χ3n) is 2.08. The molecule has 0 aliphatic heterocycles. The van der Waals surface area contributed by atoms with Gasteiger partial charge in [0.25, 0.3) is 0 Å². The van der Waals surface area contributed by atoms with E-state index in [9.17, 15) is 0 Å². The van der Waals surface area contributed by atoms with E-state index in [1.807, 2.05) is 18.2 Å². The monoisotopic (exact) mass is 335 g/mol. The van der Waals surface area contributed by atoms with Crippen LogP contribution in [0.2, 0.25) is 0 Å². The van der Waals surface area contributed by atoms with Crippen molar-refractivity contribution in [1.29, 1.82) is 0 Å². The largest absolute Gasteiger partial charge is 0.396 e. The molecule has 0 saturated heterocycles. The summed E-state index contributed by atoms with van der Waals surface area (Å²) in [6.07, 6.45) is 3.05. The highest BCUT2D eigenvalue weighted by atomic mass is 79.9. The van der Waals surface area contributed by atoms with E-state index >= 15 is 0 Å². The van der Waals surface area contributed by atoms with Gasteiger partial charge in [-0.2, -0.15) is 0 Å². The zero-order valence-corrected chi connectivity index (χ0v) is 11.6. The number of benzene rings is 1. The second-order valence-electron chi connectivity index (χ2n) is 3.34. The lowest BCUT2D eigenvalue weighted by Crippen LogP contribution is -2.02. The first-order chi connectivity index (χ1) is 7.24. The normalized spacial score (nSPS) is 10.3. The molecule has 0 saturated carbocycles. The molecule has 0 aliphatic carbocycles. The lowest BCUT2D eigenvalue weighted by atomic mass is 10.2. The van der Waals surface area contributed by atoms with Crippen molar-refractivity contribution in [3.63, 3.8) is 0 Å². The van der Waals surface area contributed by atoms with Gasteiger partial charge >= 0.3 is 0 Å². The molecule has 84 valence electrons. The average Bonchev–Trinajstić information content (AvgIpc) is 2.20. The minimum atomic E-state index is 0.294. The number of aliphatic hydroxyl groups excluding tert-OH is 1. The minimum Gasteiger partial charge on any atom is -0.396 e. The molecule has 0 fully saturated rings. The summed E-state index contributed by atoms with van der Waals surface area (Å²) in [5, 5.41) is 12.0. The fourth-order valence-electron chi connectivity index (χ4n) is 1.27. The number of unbranched alkanes of at least 4 members (excludes halogenated alkanes) is 2. The van der Waals surface area contributed by atoms with E-state index in [-0.39, 0.29) is 0 Å². The molecule has 0 spiro atoms. The van der Waals surface area contributed by atoms with Gasteiger partial charge in [-0.1, -0.05) is 15.9 Å². The molecule has 1 aromatic carbocycles. The fourth-order valence-corrected chi connectivity index (χ4v) is 2.46. The Kier molecular flexibility index (Phi) is 6.29. The summed E-state index contributed by atoms with van der Waals surface area (Å²) in [6.45, 7) is 1.24. The Labute approximate surface area is 107 Å². The molecule has 1 aromatic rings. The van der Waals surface area contributed by atoms with Gasteiger partial charge < -0.3 is 10.4 Å². The maximum Gasteiger partial charge on any atom is 0.0485 e. The first-order valence-corrected chi connectivity index (χ1v) is 6.62. The Morgan fingerprint density at radius 2 is 1.93 bits per heavy atom. The zero-order valence-electron chi connectivity index (χ0n) is 8.47. The van der Waals surface area contributed by atoms with Crippen molar-refractivity contribution in [1.82, 2.24) is 0 Å². The zero-order chi connectivity index (χ0) is 11.1. The van der Waals surface area contributed by atoms with Gasteiger partial charge in [0.15, 0.2) is 0 Å². The van der Waals surface area contributed by atoms with E-state index < -0.39 is 0 Å². The van der Waals surface area contributed by atoms with Gasteiger partial charge in [-0.15, -0.1) is 0 Å². The van der Waals surface area contributed by atoms with Crippen LogP contribution in [0.5, 0.6) is 0 Å². The summed E-state index contributed by atoms with van der Waals surface area (Å²) in [5.41, 5.74) is 1.11. The molecule has 0 bridgehead atoms. The molecule has 0 heterocycles. The number of hydrogen-bond acceptors (Lipinski definition) is 2. The SMILES string of the molecule is OCCCCCNc1ccc(Br)cc1Br. The van der Waals surface area contributed by atoms with Crippen molar-refractivity contribution < 1.29 is 5.11 Å². The number of halogens is 2. The van der Waals surface area contributed by atoms with E-state index in [2.05, 4.69) is 37.2 Å². The minimum absolute atomic E-state index is 0.294. The van der Waals surface area contributed by atoms with Crippen molar-refractivity contribution in [2.45, 2.75) is 19.3 Å². The topological polar surface area (TPSA) is 32.3 Å². The highest BCUT2D eigenvalue weighted by molar-refractivity contribution is 9.11. The van der Waals surface area contributed by atoms with Crippen LogP contribution in [0, 0.1) is 0 Å². The molecule has 2 nitrogen and oxygen atoms in total. The Morgan fingerprint density at radius 3 is 2.60 bits per heavy atom. The average molecular weight is 337 g/mol. The molecule has 0 amide bonds. The lowest BCUT2D eigenvalue weighted by Gasteiger charge is -2.08. The number of rotatable bonds is 6. The first kappa shape index (κ1) is 13.0. The molecule has 0 aromatic heterocycles. The molecule has 15 heavy (non-hydrogen) atoms. The third kappa shape index (κ3) is 5.00. The van der Waals surface area contributed by atoms with Crippen LogP contribution in [0.3, 0.4) is 0 Å². The van der Waals surface area contributed by atoms with Crippen LogP contribution in [0.1, 0.15) is 19.3 Å². The van der Waals surface area contributed by atoms with Crippen LogP contribution in [0.25, 0.3) is 0 Å². The van der Waals surface area contributed by atoms with Crippen LogP contribution in [0.4, 0.5) is 5.69 Å². The quantitative estimate of drug-likeness (QED) is 0.775. The smallest absolute Gasteiger partial charge is 0.0485 e. The number of hydrogen-bond donors (Lipinski definition) is 2. The van der Waals surface area contributed by atoms with E-state index in [1.165, 1.54) is 0 Å². The van der Waals surface area contributed by atoms with E-state index in [1.54, 1.807) is 0 Å². The lowest BCUT2D eigenvalue weighted by molar-refractivity contribution is 0.283. The van der Waals surface area contributed by atoms with Crippen molar-refractivity contribution in [2.75, 3.05) is 18.5 Å². The van der Waals surface area contributed by atoms with Gasteiger partial charge in [0, 0.05) is 27.8 Å². The Bertz CT molecular complexity index is 305. The highest BCUT2D eigenvalue weighted by Crippen LogP contribution is 2.26. The van der Waals surface area contributed by atoms with Crippen molar-refractivity contribution in [2.24, 2.45) is 0 Å². The molecular weight excluding hydrogens is 322 g/mol. The summed E-state index contributed by atoms with van der Waals surface area (Å²) in [5.74, 6) is 0. The van der Waals surface area contributed by atoms with Crippen LogP contribution >= 0.6 is 31.9 Å². The van der Waals surface area contributed by atoms with E-state index in [0.717, 1.165) is 40.4 Å². The Balaban J connectivity index is 2.31. The summed E-state index contributed by atoms with van der Waals surface area (Å²) in [4.78, 5) is 0. The highest BCUT2D eigenvalue weighted by Gasteiger charge is 1.98. The van der Waals surface area contributed by atoms with Crippen LogP contribution in [-0.2, 0) is 0 Å². The maximum atomic E-state index is 8.62. The fraction of sp³-hybridized carbons (Fsp3) is 0.455. The van der Waals surface area contributed by atoms with Gasteiger partial charge in [0.1, 0.15) is 0 Å². The molecule has 2 N–H and O–H groups in total. The van der Waals surface area contributed by atoms with Crippen LogP contribution < -0.4 is 5.32 Å². The molecule has 0 radical (unpaired) electrons. The van der Waals surface area contributed by atoms with E-state index in [4.69, 9.17) is 5.11 Å². The van der Waals surface area contributed by atoms with Crippen molar-refractivity contribution in [3.05, 3.63) is 27.1 Å². The Morgan fingerprint density at radius 1 is 1.13 bits per heavy atom. The van der Waals surface area contributed by atoms with Gasteiger partial charge in [0.2, 0.25) is 0 Å². The second-order valence-corrected chi connectivity index (χ2v) is 5.11. The number of anilines is 1. The maximum absolute atomic E-state index is 8.62. The summed E-state index contributed by atoms with van der Waals surface area (Å²) in [6, 6.07) is 6.08. The predicted octanol–water partition coefficient (Wildman–Crippen LogP) is 3.79. The van der Waals surface area contributed by atoms with Crippen LogP contribution in [0.15, 0.2) is 27.1 Å². The summed E-state index contributed by atoms with van der Waals surface area (Å²) >= 11 is 6.91. The Hall–Kier alpha value is -0.0600. The molecule has 0 aliphatic rings. The van der Waals surface area contributed by atoms with E-state index in [0.29, 0.717) is 6.61 Å². The number of nitrogens with one attached hydrogen (secondary N) is 1. The first-order valence-electron chi connectivity index (χ1n) is 5.04. The van der Waals surface area contributed by atoms with Crippen LogP contribution in [-0.4, -0.2) is 18.3 Å². The molecule has 1 rings (SSSR count). The van der Waals surface area contributed by atoms with Crippen molar-refractivity contribution >= 4 is 37.5 Å². The summed E-state index contributed by atoms with van der Waals surface area (Å²) < 4.78 is 2.14. The van der Waals surface area contributed by atoms with Gasteiger partial charge in [-0.3, -0.25) is 0 Å². The molecular formula is C11H15Br2NO. The predicted molar refractivity (Wildman–Crippen MR) is 71.3 cm³/mol. The van der Waals surface area contributed by atoms with Crippen molar-refractivity contribution in [3.8, 4) is 0 Å². The third-order valence-corrected chi connectivity index (χ3v) is 3.23. The number of aliphatic hydroxyl groups is 1.